The lowest BCUT2D eigenvalue weighted by Crippen LogP contribution is -1.95. The Morgan fingerprint density at radius 1 is 1.13 bits per heavy atom. The summed E-state index contributed by atoms with van der Waals surface area (Å²) >= 11 is 0. The minimum Gasteiger partial charge on any atom is -0.497 e. The second kappa shape index (κ2) is 6.87. The summed E-state index contributed by atoms with van der Waals surface area (Å²) in [6.45, 7) is 5.84. The van der Waals surface area contributed by atoms with E-state index in [9.17, 15) is 4.79 Å². The monoisotopic (exact) mass is 210 g/mol. The fourth-order valence-electron chi connectivity index (χ4n) is 1.17. The molecule has 0 bridgehead atoms. The van der Waals surface area contributed by atoms with Gasteiger partial charge in [0, 0.05) is 6.07 Å². The van der Waals surface area contributed by atoms with E-state index in [0.29, 0.717) is 17.1 Å². The summed E-state index contributed by atoms with van der Waals surface area (Å²) in [7, 11) is 3.11. The largest absolute Gasteiger partial charge is 0.497 e. The summed E-state index contributed by atoms with van der Waals surface area (Å²) in [5, 5.41) is 0. The van der Waals surface area contributed by atoms with Crippen molar-refractivity contribution in [1.82, 2.24) is 0 Å². The third-order valence-electron chi connectivity index (χ3n) is 1.90. The number of methoxy groups -OCH3 is 2. The molecular weight excluding hydrogens is 192 g/mol. The van der Waals surface area contributed by atoms with Gasteiger partial charge in [-0.25, -0.2) is 0 Å². The van der Waals surface area contributed by atoms with Crippen molar-refractivity contribution in [2.24, 2.45) is 0 Å². The van der Waals surface area contributed by atoms with Crippen LogP contribution in [0.2, 0.25) is 0 Å². The number of hydrogen-bond acceptors (Lipinski definition) is 3. The summed E-state index contributed by atoms with van der Waals surface area (Å²) < 4.78 is 10.1. The third-order valence-corrected chi connectivity index (χ3v) is 1.90. The first-order valence-corrected chi connectivity index (χ1v) is 4.90. The van der Waals surface area contributed by atoms with Crippen LogP contribution < -0.4 is 9.47 Å². The molecule has 0 radical (unpaired) electrons. The molecule has 0 aromatic heterocycles. The molecule has 0 heterocycles. The van der Waals surface area contributed by atoms with Crippen LogP contribution in [0.15, 0.2) is 12.1 Å². The van der Waals surface area contributed by atoms with Gasteiger partial charge in [-0.05, 0) is 18.6 Å². The zero-order valence-electron chi connectivity index (χ0n) is 9.96. The van der Waals surface area contributed by atoms with E-state index >= 15 is 0 Å². The first-order chi connectivity index (χ1) is 7.22. The third kappa shape index (κ3) is 3.27. The van der Waals surface area contributed by atoms with Gasteiger partial charge in [0.05, 0.1) is 19.8 Å². The highest BCUT2D eigenvalue weighted by Crippen LogP contribution is 2.26. The highest BCUT2D eigenvalue weighted by atomic mass is 16.5. The van der Waals surface area contributed by atoms with E-state index in [0.717, 1.165) is 11.8 Å². The van der Waals surface area contributed by atoms with Crippen LogP contribution in [0, 0.1) is 6.92 Å². The lowest BCUT2D eigenvalue weighted by atomic mass is 10.1. The first kappa shape index (κ1) is 13.5. The maximum Gasteiger partial charge on any atom is 0.154 e. The highest BCUT2D eigenvalue weighted by Gasteiger charge is 2.07. The van der Waals surface area contributed by atoms with Gasteiger partial charge in [0.25, 0.3) is 0 Å². The predicted molar refractivity (Wildman–Crippen MR) is 61.0 cm³/mol. The zero-order chi connectivity index (χ0) is 11.8. The molecule has 0 fully saturated rings. The first-order valence-electron chi connectivity index (χ1n) is 4.90. The average molecular weight is 210 g/mol. The van der Waals surface area contributed by atoms with Crippen molar-refractivity contribution in [2.45, 2.75) is 20.8 Å². The number of aldehydes is 1. The molecule has 1 aromatic carbocycles. The van der Waals surface area contributed by atoms with Crippen LogP contribution in [0.4, 0.5) is 0 Å². The molecule has 0 N–H and O–H groups in total. The summed E-state index contributed by atoms with van der Waals surface area (Å²) in [6.07, 6.45) is 0.785. The van der Waals surface area contributed by atoms with E-state index in [-0.39, 0.29) is 0 Å². The molecule has 84 valence electrons. The number of hydrogen-bond donors (Lipinski definition) is 0. The van der Waals surface area contributed by atoms with Gasteiger partial charge in [-0.1, -0.05) is 13.8 Å². The molecule has 0 aliphatic heterocycles. The van der Waals surface area contributed by atoms with Crippen LogP contribution in [0.1, 0.15) is 29.8 Å². The van der Waals surface area contributed by atoms with E-state index in [1.807, 2.05) is 20.8 Å². The van der Waals surface area contributed by atoms with Crippen molar-refractivity contribution in [3.8, 4) is 11.5 Å². The highest BCUT2D eigenvalue weighted by molar-refractivity contribution is 5.82. The Labute approximate surface area is 91.0 Å². The molecular formula is C12H18O3. The zero-order valence-corrected chi connectivity index (χ0v) is 9.96. The molecule has 1 aromatic rings. The molecule has 3 heteroatoms. The van der Waals surface area contributed by atoms with Gasteiger partial charge in [0.1, 0.15) is 11.5 Å². The summed E-state index contributed by atoms with van der Waals surface area (Å²) in [5.74, 6) is 1.24. The Morgan fingerprint density at radius 3 is 2.13 bits per heavy atom. The molecule has 15 heavy (non-hydrogen) atoms. The molecule has 3 nitrogen and oxygen atoms in total. The normalized spacial score (nSPS) is 8.60. The van der Waals surface area contributed by atoms with E-state index in [2.05, 4.69) is 0 Å². The van der Waals surface area contributed by atoms with E-state index in [1.165, 1.54) is 7.11 Å². The van der Waals surface area contributed by atoms with Gasteiger partial charge in [-0.3, -0.25) is 4.79 Å². The lowest BCUT2D eigenvalue weighted by Gasteiger charge is -2.08. The van der Waals surface area contributed by atoms with E-state index in [4.69, 9.17) is 9.47 Å². The van der Waals surface area contributed by atoms with Gasteiger partial charge < -0.3 is 9.47 Å². The summed E-state index contributed by atoms with van der Waals surface area (Å²) in [6, 6.07) is 3.49. The molecule has 0 spiro atoms. The second-order valence-electron chi connectivity index (χ2n) is 2.68. The molecule has 0 atom stereocenters. The maximum atomic E-state index is 10.7. The second-order valence-corrected chi connectivity index (χ2v) is 2.68. The maximum absolute atomic E-state index is 10.7. The van der Waals surface area contributed by atoms with Crippen molar-refractivity contribution < 1.29 is 14.3 Å². The summed E-state index contributed by atoms with van der Waals surface area (Å²) in [4.78, 5) is 10.7. The molecule has 0 amide bonds. The Morgan fingerprint density at radius 2 is 1.73 bits per heavy atom. The number of ether oxygens (including phenoxy) is 2. The van der Waals surface area contributed by atoms with Crippen LogP contribution in [0.3, 0.4) is 0 Å². The Balaban J connectivity index is 0.000000921. The van der Waals surface area contributed by atoms with Crippen LogP contribution in [-0.4, -0.2) is 20.5 Å². The molecule has 1 rings (SSSR count). The fourth-order valence-corrected chi connectivity index (χ4v) is 1.17. The Hall–Kier alpha value is -1.51. The molecule has 0 saturated carbocycles. The van der Waals surface area contributed by atoms with Crippen LogP contribution in [0.25, 0.3) is 0 Å². The van der Waals surface area contributed by atoms with Crippen LogP contribution in [0.5, 0.6) is 11.5 Å². The van der Waals surface area contributed by atoms with Gasteiger partial charge >= 0.3 is 0 Å². The lowest BCUT2D eigenvalue weighted by molar-refractivity contribution is 0.112. The van der Waals surface area contributed by atoms with Gasteiger partial charge in [0.2, 0.25) is 0 Å². The van der Waals surface area contributed by atoms with Gasteiger partial charge in [-0.15, -0.1) is 0 Å². The number of rotatable bonds is 3. The topological polar surface area (TPSA) is 35.5 Å². The van der Waals surface area contributed by atoms with Crippen molar-refractivity contribution in [3.05, 3.63) is 23.3 Å². The smallest absolute Gasteiger partial charge is 0.154 e. The quantitative estimate of drug-likeness (QED) is 0.720. The number of carbonyl (C=O) groups excluding carboxylic acids is 1. The van der Waals surface area contributed by atoms with E-state index < -0.39 is 0 Å². The average Bonchev–Trinajstić information content (AvgIpc) is 2.30. The number of carbonyl (C=O) groups is 1. The molecule has 0 unspecified atom stereocenters. The SMILES string of the molecule is CC.COc1cc(C)c(C=O)c(OC)c1. The van der Waals surface area contributed by atoms with E-state index in [1.54, 1.807) is 19.2 Å². The minimum atomic E-state index is 0.548. The van der Waals surface area contributed by atoms with Crippen LogP contribution >= 0.6 is 0 Å². The van der Waals surface area contributed by atoms with Gasteiger partial charge in [0.15, 0.2) is 6.29 Å². The number of benzene rings is 1. The molecule has 0 saturated heterocycles. The molecule has 0 aliphatic rings. The number of aryl methyl sites for hydroxylation is 1. The van der Waals surface area contributed by atoms with Crippen molar-refractivity contribution in [2.75, 3.05) is 14.2 Å². The summed E-state index contributed by atoms with van der Waals surface area (Å²) in [5.41, 5.74) is 1.43. The molecule has 0 aliphatic carbocycles. The predicted octanol–water partition coefficient (Wildman–Crippen LogP) is 2.85. The minimum absolute atomic E-state index is 0.548. The van der Waals surface area contributed by atoms with Gasteiger partial charge in [-0.2, -0.15) is 0 Å². The van der Waals surface area contributed by atoms with Crippen molar-refractivity contribution in [3.63, 3.8) is 0 Å². The standard InChI is InChI=1S/C10H12O3.C2H6/c1-7-4-8(12-2)5-10(13-3)9(7)6-11;1-2/h4-6H,1-3H3;1-2H3. The van der Waals surface area contributed by atoms with Crippen molar-refractivity contribution in [1.29, 1.82) is 0 Å². The Bertz CT molecular complexity index is 319. The van der Waals surface area contributed by atoms with Crippen LogP contribution in [-0.2, 0) is 0 Å². The van der Waals surface area contributed by atoms with Crippen molar-refractivity contribution >= 4 is 6.29 Å². The Kier molecular flexibility index (Phi) is 6.18. The fraction of sp³-hybridized carbons (Fsp3) is 0.417.